The van der Waals surface area contributed by atoms with Gasteiger partial charge in [0.15, 0.2) is 0 Å². The van der Waals surface area contributed by atoms with Crippen LogP contribution in [0.2, 0.25) is 0 Å². The minimum Gasteiger partial charge on any atom is -0.478 e. The highest BCUT2D eigenvalue weighted by Crippen LogP contribution is 2.01. The Labute approximate surface area is 77.9 Å². The van der Waals surface area contributed by atoms with Gasteiger partial charge in [-0.1, -0.05) is 6.08 Å². The highest BCUT2D eigenvalue weighted by molar-refractivity contribution is 7.17. The number of carboxylic acid groups (broad SMARTS) is 1. The van der Waals surface area contributed by atoms with Crippen molar-refractivity contribution in [2.45, 2.75) is 18.9 Å². The van der Waals surface area contributed by atoms with Crippen molar-refractivity contribution >= 4 is 14.7 Å². The molecule has 0 aliphatic rings. The molecule has 0 heterocycles. The molecule has 0 aromatic rings. The Hall–Kier alpha value is -0.770. The van der Waals surface area contributed by atoms with E-state index in [0.717, 1.165) is 6.08 Å². The van der Waals surface area contributed by atoms with Crippen molar-refractivity contribution in [3.05, 3.63) is 12.2 Å². The summed E-state index contributed by atoms with van der Waals surface area (Å²) in [5.41, 5.74) is 5.58. The Kier molecular flexibility index (Phi) is 7.39. The van der Waals surface area contributed by atoms with Gasteiger partial charge < -0.3 is 10.8 Å². The Balaban J connectivity index is 3.44. The molecule has 0 spiro atoms. The van der Waals surface area contributed by atoms with Crippen LogP contribution in [0.25, 0.3) is 0 Å². The van der Waals surface area contributed by atoms with E-state index in [4.69, 9.17) is 10.8 Å². The molecule has 0 bridgehead atoms. The minimum absolute atomic E-state index is 0.146. The molecule has 0 radical (unpaired) electrons. The second-order valence-electron chi connectivity index (χ2n) is 2.46. The second-order valence-corrected chi connectivity index (χ2v) is 2.91. The summed E-state index contributed by atoms with van der Waals surface area (Å²) in [5.74, 6) is -0.982. The number of rotatable bonds is 7. The van der Waals surface area contributed by atoms with E-state index in [-0.39, 0.29) is 6.04 Å². The van der Waals surface area contributed by atoms with E-state index in [1.165, 1.54) is 6.08 Å². The van der Waals surface area contributed by atoms with Gasteiger partial charge in [0.05, 0.1) is 0 Å². The summed E-state index contributed by atoms with van der Waals surface area (Å²) in [4.78, 5) is 10.0. The molecule has 0 aromatic heterocycles. The van der Waals surface area contributed by atoms with E-state index in [9.17, 15) is 9.36 Å². The molecule has 74 valence electrons. The van der Waals surface area contributed by atoms with Crippen LogP contribution in [0.4, 0.5) is 0 Å². The minimum atomic E-state index is -0.982. The first-order chi connectivity index (χ1) is 6.16. The molecular formula is C7H13NO4P+. The van der Waals surface area contributed by atoms with Crippen molar-refractivity contribution in [1.82, 2.24) is 0 Å². The maximum atomic E-state index is 10.0. The summed E-state index contributed by atoms with van der Waals surface area (Å²) in [6.07, 6.45) is 3.60. The lowest BCUT2D eigenvalue weighted by Gasteiger charge is -2.04. The van der Waals surface area contributed by atoms with Gasteiger partial charge in [0.2, 0.25) is 0 Å². The van der Waals surface area contributed by atoms with Crippen molar-refractivity contribution in [2.24, 2.45) is 5.73 Å². The molecule has 13 heavy (non-hydrogen) atoms. The van der Waals surface area contributed by atoms with Gasteiger partial charge in [-0.2, -0.15) is 0 Å². The van der Waals surface area contributed by atoms with Gasteiger partial charge in [-0.15, -0.1) is 4.52 Å². The van der Waals surface area contributed by atoms with Crippen molar-refractivity contribution in [2.75, 3.05) is 6.61 Å². The van der Waals surface area contributed by atoms with Gasteiger partial charge in [-0.3, -0.25) is 0 Å². The van der Waals surface area contributed by atoms with E-state index >= 15 is 0 Å². The van der Waals surface area contributed by atoms with Gasteiger partial charge >= 0.3 is 14.7 Å². The Morgan fingerprint density at radius 3 is 2.92 bits per heavy atom. The Morgan fingerprint density at radius 1 is 1.69 bits per heavy atom. The molecular weight excluding hydrogens is 193 g/mol. The molecule has 2 atom stereocenters. The van der Waals surface area contributed by atoms with Crippen molar-refractivity contribution in [3.8, 4) is 0 Å². The van der Waals surface area contributed by atoms with E-state index in [1.807, 2.05) is 0 Å². The van der Waals surface area contributed by atoms with Crippen molar-refractivity contribution in [1.29, 1.82) is 0 Å². The summed E-state index contributed by atoms with van der Waals surface area (Å²) in [7, 11) is -0.762. The highest BCUT2D eigenvalue weighted by Gasteiger charge is 2.01. The normalized spacial score (nSPS) is 13.6. The monoisotopic (exact) mass is 206 g/mol. The van der Waals surface area contributed by atoms with Crippen LogP contribution in [0.1, 0.15) is 12.8 Å². The number of hydrogen-bond donors (Lipinski definition) is 2. The molecule has 0 rings (SSSR count). The van der Waals surface area contributed by atoms with Gasteiger partial charge in [0, 0.05) is 12.1 Å². The number of hydrogen-bond acceptors (Lipinski definition) is 4. The van der Waals surface area contributed by atoms with Crippen LogP contribution in [0.5, 0.6) is 0 Å². The van der Waals surface area contributed by atoms with Crippen molar-refractivity contribution in [3.63, 3.8) is 0 Å². The zero-order valence-corrected chi connectivity index (χ0v) is 8.10. The fourth-order valence-electron chi connectivity index (χ4n) is 0.713. The molecule has 0 saturated carbocycles. The third-order valence-corrected chi connectivity index (χ3v) is 1.67. The van der Waals surface area contributed by atoms with Gasteiger partial charge in [-0.05, 0) is 17.4 Å². The van der Waals surface area contributed by atoms with Gasteiger partial charge in [0.25, 0.3) is 0 Å². The van der Waals surface area contributed by atoms with E-state index in [0.29, 0.717) is 19.4 Å². The summed E-state index contributed by atoms with van der Waals surface area (Å²) in [6, 6.07) is -0.146. The topological polar surface area (TPSA) is 89.6 Å². The summed E-state index contributed by atoms with van der Waals surface area (Å²) in [5, 5.41) is 8.25. The predicted molar refractivity (Wildman–Crippen MR) is 48.9 cm³/mol. The lowest BCUT2D eigenvalue weighted by atomic mass is 10.1. The van der Waals surface area contributed by atoms with E-state index < -0.39 is 14.7 Å². The lowest BCUT2D eigenvalue weighted by Crippen LogP contribution is -2.20. The van der Waals surface area contributed by atoms with Gasteiger partial charge in [0.1, 0.15) is 6.61 Å². The molecule has 3 N–H and O–H groups in total. The molecule has 0 amide bonds. The largest absolute Gasteiger partial charge is 0.494 e. The molecule has 0 aliphatic heterocycles. The zero-order chi connectivity index (χ0) is 10.1. The number of carboxylic acids is 1. The van der Waals surface area contributed by atoms with Crippen LogP contribution in [0.15, 0.2) is 12.2 Å². The second kappa shape index (κ2) is 7.86. The fourth-order valence-corrected chi connectivity index (χ4v) is 0.915. The fraction of sp³-hybridized carbons (Fsp3) is 0.571. The summed E-state index contributed by atoms with van der Waals surface area (Å²) >= 11 is 0. The van der Waals surface area contributed by atoms with Crippen LogP contribution in [-0.2, 0) is 13.9 Å². The highest BCUT2D eigenvalue weighted by atomic mass is 31.1. The molecule has 0 fully saturated rings. The van der Waals surface area contributed by atoms with Crippen LogP contribution in [0.3, 0.4) is 0 Å². The molecule has 6 heteroatoms. The predicted octanol–water partition coefficient (Wildman–Crippen LogP) is 0.690. The Bertz CT molecular complexity index is 195. The van der Waals surface area contributed by atoms with Crippen molar-refractivity contribution < 1.29 is 19.0 Å². The zero-order valence-electron chi connectivity index (χ0n) is 7.10. The van der Waals surface area contributed by atoms with Crippen LogP contribution < -0.4 is 5.73 Å². The van der Waals surface area contributed by atoms with E-state index in [2.05, 4.69) is 4.52 Å². The van der Waals surface area contributed by atoms with E-state index in [1.54, 1.807) is 0 Å². The third-order valence-electron chi connectivity index (χ3n) is 1.35. The molecule has 0 saturated heterocycles. The molecule has 5 nitrogen and oxygen atoms in total. The van der Waals surface area contributed by atoms with Crippen LogP contribution in [-0.4, -0.2) is 23.7 Å². The first kappa shape index (κ1) is 12.2. The summed E-state index contributed by atoms with van der Waals surface area (Å²) < 4.78 is 14.5. The van der Waals surface area contributed by atoms with Crippen LogP contribution >= 0.6 is 8.69 Å². The maximum Gasteiger partial charge on any atom is 0.494 e. The average Bonchev–Trinajstić information content (AvgIpc) is 2.04. The molecule has 0 aliphatic carbocycles. The quantitative estimate of drug-likeness (QED) is 0.363. The molecule has 0 aromatic carbocycles. The first-order valence-electron chi connectivity index (χ1n) is 3.80. The van der Waals surface area contributed by atoms with Gasteiger partial charge in [-0.25, -0.2) is 4.79 Å². The standard InChI is InChI=1S/C7H12NO4P/c8-6(4-5-12-13-11)2-1-3-7(9)10/h1,3,6,13H,2,4-5,8H2/p+1. The lowest BCUT2D eigenvalue weighted by molar-refractivity contribution is -0.131. The number of carbonyl (C=O) groups is 1. The number of nitrogens with two attached hydrogens (primary N) is 1. The van der Waals surface area contributed by atoms with Crippen LogP contribution in [0, 0.1) is 0 Å². The molecule has 2 unspecified atom stereocenters. The Morgan fingerprint density at radius 2 is 2.38 bits per heavy atom. The SMILES string of the molecule is NC(CC=CC(=O)O)CCO[PH+]=O. The number of aliphatic carboxylic acids is 1. The maximum absolute atomic E-state index is 10.0. The average molecular weight is 206 g/mol. The smallest absolute Gasteiger partial charge is 0.478 e. The first-order valence-corrected chi connectivity index (χ1v) is 4.62. The third kappa shape index (κ3) is 9.14. The summed E-state index contributed by atoms with van der Waals surface area (Å²) in [6.45, 7) is 0.337.